The molecule has 0 spiro atoms. The molecule has 22 heavy (non-hydrogen) atoms. The molecular weight excluding hydrogens is 286 g/mol. The fourth-order valence-corrected chi connectivity index (χ4v) is 1.54. The summed E-state index contributed by atoms with van der Waals surface area (Å²) >= 11 is 0. The van der Waals surface area contributed by atoms with E-state index in [-0.39, 0.29) is 25.2 Å². The quantitative estimate of drug-likeness (QED) is 0.556. The highest BCUT2D eigenvalue weighted by molar-refractivity contribution is 5.86. The molecule has 2 N–H and O–H groups in total. The van der Waals surface area contributed by atoms with Crippen molar-refractivity contribution in [2.24, 2.45) is 0 Å². The first-order valence-corrected chi connectivity index (χ1v) is 6.85. The van der Waals surface area contributed by atoms with Crippen molar-refractivity contribution in [1.82, 2.24) is 0 Å². The molecule has 120 valence electrons. The molecule has 1 aromatic rings. The SMILES string of the molecule is C=C(C)C(=O)OCC(O)COC(=O)Cc1ccc(NC)cc1. The van der Waals surface area contributed by atoms with Crippen LogP contribution in [-0.4, -0.2) is 43.4 Å². The van der Waals surface area contributed by atoms with Gasteiger partial charge in [0.2, 0.25) is 0 Å². The van der Waals surface area contributed by atoms with E-state index >= 15 is 0 Å². The number of aliphatic hydroxyl groups is 1. The van der Waals surface area contributed by atoms with Crippen LogP contribution in [0.4, 0.5) is 5.69 Å². The Balaban J connectivity index is 2.29. The van der Waals surface area contributed by atoms with Crippen molar-refractivity contribution in [3.63, 3.8) is 0 Å². The Labute approximate surface area is 129 Å². The van der Waals surface area contributed by atoms with Crippen LogP contribution in [0.3, 0.4) is 0 Å². The van der Waals surface area contributed by atoms with Crippen LogP contribution >= 0.6 is 0 Å². The van der Waals surface area contributed by atoms with E-state index in [1.807, 2.05) is 31.3 Å². The number of benzene rings is 1. The Morgan fingerprint density at radius 2 is 1.82 bits per heavy atom. The molecule has 1 aromatic carbocycles. The summed E-state index contributed by atoms with van der Waals surface area (Å²) in [6.45, 7) is 4.46. The van der Waals surface area contributed by atoms with Gasteiger partial charge in [-0.15, -0.1) is 0 Å². The van der Waals surface area contributed by atoms with Gasteiger partial charge in [-0.1, -0.05) is 18.7 Å². The Hall–Kier alpha value is -2.34. The van der Waals surface area contributed by atoms with Gasteiger partial charge in [0.1, 0.15) is 19.3 Å². The smallest absolute Gasteiger partial charge is 0.333 e. The van der Waals surface area contributed by atoms with Crippen LogP contribution in [0, 0.1) is 0 Å². The van der Waals surface area contributed by atoms with E-state index in [1.165, 1.54) is 6.92 Å². The Morgan fingerprint density at radius 3 is 2.36 bits per heavy atom. The molecule has 0 aliphatic heterocycles. The summed E-state index contributed by atoms with van der Waals surface area (Å²) in [5.41, 5.74) is 2.01. The molecule has 0 heterocycles. The standard InChI is InChI=1S/C16H21NO5/c1-11(2)16(20)22-10-14(18)9-21-15(19)8-12-4-6-13(17-3)7-5-12/h4-7,14,17-18H,1,8-10H2,2-3H3. The molecule has 1 unspecified atom stereocenters. The third kappa shape index (κ3) is 6.41. The van der Waals surface area contributed by atoms with Crippen molar-refractivity contribution >= 4 is 17.6 Å². The third-order valence-electron chi connectivity index (χ3n) is 2.78. The molecular formula is C16H21NO5. The molecule has 0 amide bonds. The fourth-order valence-electron chi connectivity index (χ4n) is 1.54. The number of nitrogens with one attached hydrogen (secondary N) is 1. The average molecular weight is 307 g/mol. The van der Waals surface area contributed by atoms with Gasteiger partial charge in [0.15, 0.2) is 0 Å². The number of carbonyl (C=O) groups excluding carboxylic acids is 2. The number of rotatable bonds is 8. The zero-order valence-electron chi connectivity index (χ0n) is 12.8. The summed E-state index contributed by atoms with van der Waals surface area (Å²) < 4.78 is 9.69. The lowest BCUT2D eigenvalue weighted by Crippen LogP contribution is -2.26. The van der Waals surface area contributed by atoms with Gasteiger partial charge < -0.3 is 19.9 Å². The number of aliphatic hydroxyl groups excluding tert-OH is 1. The lowest BCUT2D eigenvalue weighted by atomic mass is 10.1. The van der Waals surface area contributed by atoms with Gasteiger partial charge in [-0.25, -0.2) is 4.79 Å². The van der Waals surface area contributed by atoms with Gasteiger partial charge in [0.25, 0.3) is 0 Å². The van der Waals surface area contributed by atoms with E-state index in [9.17, 15) is 14.7 Å². The number of anilines is 1. The van der Waals surface area contributed by atoms with E-state index in [0.29, 0.717) is 0 Å². The van der Waals surface area contributed by atoms with Crippen molar-refractivity contribution in [2.45, 2.75) is 19.4 Å². The molecule has 1 atom stereocenters. The van der Waals surface area contributed by atoms with Crippen LogP contribution in [0.25, 0.3) is 0 Å². The summed E-state index contributed by atoms with van der Waals surface area (Å²) in [6.07, 6.45) is -0.943. The molecule has 0 aliphatic carbocycles. The number of hydrogen-bond donors (Lipinski definition) is 2. The van der Waals surface area contributed by atoms with Crippen molar-refractivity contribution in [2.75, 3.05) is 25.6 Å². The average Bonchev–Trinajstić information content (AvgIpc) is 2.51. The van der Waals surface area contributed by atoms with Crippen LogP contribution in [-0.2, 0) is 25.5 Å². The lowest BCUT2D eigenvalue weighted by molar-refractivity contribution is -0.149. The van der Waals surface area contributed by atoms with Crippen molar-refractivity contribution in [3.8, 4) is 0 Å². The van der Waals surface area contributed by atoms with Gasteiger partial charge in [-0.05, 0) is 24.6 Å². The van der Waals surface area contributed by atoms with Gasteiger partial charge in [0.05, 0.1) is 6.42 Å². The molecule has 1 rings (SSSR count). The predicted octanol–water partition coefficient (Wildman–Crippen LogP) is 1.29. The maximum Gasteiger partial charge on any atom is 0.333 e. The first-order valence-electron chi connectivity index (χ1n) is 6.85. The minimum absolute atomic E-state index is 0.113. The molecule has 0 aliphatic rings. The van der Waals surface area contributed by atoms with E-state index in [0.717, 1.165) is 11.3 Å². The van der Waals surface area contributed by atoms with Gasteiger partial charge >= 0.3 is 11.9 Å². The van der Waals surface area contributed by atoms with E-state index in [4.69, 9.17) is 9.47 Å². The van der Waals surface area contributed by atoms with Crippen LogP contribution in [0.2, 0.25) is 0 Å². The summed E-state index contributed by atoms with van der Waals surface area (Å²) in [7, 11) is 1.81. The molecule has 0 radical (unpaired) electrons. The normalized spacial score (nSPS) is 11.4. The van der Waals surface area contributed by atoms with Crippen molar-refractivity contribution < 1.29 is 24.2 Å². The Bertz CT molecular complexity index is 524. The van der Waals surface area contributed by atoms with Crippen LogP contribution in [0.15, 0.2) is 36.4 Å². The van der Waals surface area contributed by atoms with Crippen LogP contribution < -0.4 is 5.32 Å². The van der Waals surface area contributed by atoms with E-state index in [2.05, 4.69) is 11.9 Å². The van der Waals surface area contributed by atoms with E-state index in [1.54, 1.807) is 0 Å². The zero-order chi connectivity index (χ0) is 16.5. The topological polar surface area (TPSA) is 84.9 Å². The maximum atomic E-state index is 11.6. The first-order chi connectivity index (χ1) is 10.4. The summed E-state index contributed by atoms with van der Waals surface area (Å²) in [5.74, 6) is -1.04. The fraction of sp³-hybridized carbons (Fsp3) is 0.375. The number of hydrogen-bond acceptors (Lipinski definition) is 6. The monoisotopic (exact) mass is 307 g/mol. The van der Waals surface area contributed by atoms with Gasteiger partial charge in [0, 0.05) is 18.3 Å². The minimum atomic E-state index is -1.06. The predicted molar refractivity (Wildman–Crippen MR) is 82.4 cm³/mol. The maximum absolute atomic E-state index is 11.6. The second-order valence-electron chi connectivity index (χ2n) is 4.84. The molecule has 0 saturated heterocycles. The zero-order valence-corrected chi connectivity index (χ0v) is 12.8. The van der Waals surface area contributed by atoms with Gasteiger partial charge in [-0.2, -0.15) is 0 Å². The van der Waals surface area contributed by atoms with Gasteiger partial charge in [-0.3, -0.25) is 4.79 Å². The highest BCUT2D eigenvalue weighted by atomic mass is 16.6. The third-order valence-corrected chi connectivity index (χ3v) is 2.78. The minimum Gasteiger partial charge on any atom is -0.463 e. The van der Waals surface area contributed by atoms with Crippen LogP contribution in [0.5, 0.6) is 0 Å². The first kappa shape index (κ1) is 17.7. The molecule has 0 aromatic heterocycles. The number of esters is 2. The Kier molecular flexibility index (Phi) is 7.12. The lowest BCUT2D eigenvalue weighted by Gasteiger charge is -2.12. The number of carbonyl (C=O) groups is 2. The molecule has 6 heteroatoms. The van der Waals surface area contributed by atoms with E-state index < -0.39 is 18.0 Å². The number of ether oxygens (including phenoxy) is 2. The Morgan fingerprint density at radius 1 is 1.23 bits per heavy atom. The molecule has 0 saturated carbocycles. The molecule has 0 fully saturated rings. The summed E-state index contributed by atoms with van der Waals surface area (Å²) in [5, 5.41) is 12.6. The van der Waals surface area contributed by atoms with Crippen molar-refractivity contribution in [3.05, 3.63) is 42.0 Å². The van der Waals surface area contributed by atoms with Crippen molar-refractivity contribution in [1.29, 1.82) is 0 Å². The second kappa shape index (κ2) is 8.84. The largest absolute Gasteiger partial charge is 0.463 e. The summed E-state index contributed by atoms with van der Waals surface area (Å²) in [4.78, 5) is 22.8. The molecule has 6 nitrogen and oxygen atoms in total. The molecule has 0 bridgehead atoms. The highest BCUT2D eigenvalue weighted by Gasteiger charge is 2.12. The highest BCUT2D eigenvalue weighted by Crippen LogP contribution is 2.09. The van der Waals surface area contributed by atoms with Crippen LogP contribution in [0.1, 0.15) is 12.5 Å². The second-order valence-corrected chi connectivity index (χ2v) is 4.84. The summed E-state index contributed by atoms with van der Waals surface area (Å²) in [6, 6.07) is 7.35.